The van der Waals surface area contributed by atoms with E-state index in [1.165, 1.54) is 22.1 Å². The number of hydrogen-bond donors (Lipinski definition) is 2. The number of nitrogens with one attached hydrogen (secondary N) is 1. The molecular weight excluding hydrogens is 328 g/mol. The molecule has 0 bridgehead atoms. The molecule has 0 fully saturated rings. The lowest BCUT2D eigenvalue weighted by Gasteiger charge is -2.13. The zero-order valence-corrected chi connectivity index (χ0v) is 12.8. The fourth-order valence-electron chi connectivity index (χ4n) is 2.16. The van der Waals surface area contributed by atoms with E-state index in [1.54, 1.807) is 24.7 Å². The molecule has 0 unspecified atom stereocenters. The van der Waals surface area contributed by atoms with Gasteiger partial charge in [0, 0.05) is 24.8 Å². The minimum Gasteiger partial charge on any atom is -0.477 e. The van der Waals surface area contributed by atoms with Gasteiger partial charge >= 0.3 is 5.97 Å². The Balaban J connectivity index is 2.60. The predicted molar refractivity (Wildman–Crippen MR) is 84.5 cm³/mol. The van der Waals surface area contributed by atoms with Crippen LogP contribution in [-0.4, -0.2) is 32.7 Å². The van der Waals surface area contributed by atoms with Crippen LogP contribution in [0.2, 0.25) is 5.15 Å². The van der Waals surface area contributed by atoms with E-state index in [-0.39, 0.29) is 16.2 Å². The lowest BCUT2D eigenvalue weighted by Crippen LogP contribution is -2.21. The molecule has 22 heavy (non-hydrogen) atoms. The number of fused-ring (bicyclic) bond motifs is 1. The third-order valence-electron chi connectivity index (χ3n) is 3.09. The smallest absolute Gasteiger partial charge is 0.342 e. The Bertz CT molecular complexity index is 937. The number of nitrogens with zero attached hydrogens (tertiary/aromatic N) is 3. The topological polar surface area (TPSA) is 97.1 Å². The van der Waals surface area contributed by atoms with Crippen molar-refractivity contribution in [2.24, 2.45) is 0 Å². The third-order valence-corrected chi connectivity index (χ3v) is 4.21. The molecule has 0 radical (unpaired) electrons. The van der Waals surface area contributed by atoms with Gasteiger partial charge in [0.15, 0.2) is 10.8 Å². The molecule has 7 nitrogen and oxygen atoms in total. The lowest BCUT2D eigenvalue weighted by molar-refractivity contribution is 0.0695. The van der Waals surface area contributed by atoms with E-state index in [0.29, 0.717) is 10.8 Å². The van der Waals surface area contributed by atoms with Crippen LogP contribution in [0.25, 0.3) is 16.2 Å². The summed E-state index contributed by atoms with van der Waals surface area (Å²) in [6, 6.07) is 1.59. The van der Waals surface area contributed by atoms with E-state index >= 15 is 0 Å². The van der Waals surface area contributed by atoms with Gasteiger partial charge in [-0.05, 0) is 6.07 Å². The van der Waals surface area contributed by atoms with Crippen LogP contribution >= 0.6 is 22.9 Å². The highest BCUT2D eigenvalue weighted by molar-refractivity contribution is 7.12. The van der Waals surface area contributed by atoms with Gasteiger partial charge in [-0.1, -0.05) is 11.6 Å². The van der Waals surface area contributed by atoms with Crippen LogP contribution in [0.4, 0.5) is 5.69 Å². The maximum absolute atomic E-state index is 12.5. The first-order valence-electron chi connectivity index (χ1n) is 6.10. The quantitative estimate of drug-likeness (QED) is 0.712. The number of hydrogen-bond acceptors (Lipinski definition) is 6. The number of halogens is 1. The number of aromatic carboxylic acids is 1. The number of thiazole rings is 1. The second-order valence-corrected chi connectivity index (χ2v) is 5.49. The monoisotopic (exact) mass is 336 g/mol. The maximum atomic E-state index is 12.5. The van der Waals surface area contributed by atoms with Crippen molar-refractivity contribution < 1.29 is 9.90 Å². The van der Waals surface area contributed by atoms with Gasteiger partial charge in [0.1, 0.15) is 10.7 Å². The minimum absolute atomic E-state index is 0.155. The van der Waals surface area contributed by atoms with Gasteiger partial charge < -0.3 is 10.4 Å². The summed E-state index contributed by atoms with van der Waals surface area (Å²) in [6.45, 7) is 0. The molecule has 0 aliphatic carbocycles. The first-order valence-corrected chi connectivity index (χ1v) is 7.36. The van der Waals surface area contributed by atoms with Crippen LogP contribution in [0.1, 0.15) is 10.4 Å². The summed E-state index contributed by atoms with van der Waals surface area (Å²) in [5.41, 5.74) is -0.465. The summed E-state index contributed by atoms with van der Waals surface area (Å²) in [6.07, 6.45) is 3.07. The Hall–Kier alpha value is -2.45. The molecule has 3 aromatic heterocycles. The van der Waals surface area contributed by atoms with E-state index in [1.807, 2.05) is 0 Å². The number of pyridine rings is 2. The minimum atomic E-state index is -1.40. The molecule has 0 aliphatic heterocycles. The summed E-state index contributed by atoms with van der Waals surface area (Å²) >= 11 is 7.42. The zero-order chi connectivity index (χ0) is 15.9. The summed E-state index contributed by atoms with van der Waals surface area (Å²) in [5.74, 6) is -1.40. The molecule has 0 aliphatic rings. The molecule has 2 N–H and O–H groups in total. The first kappa shape index (κ1) is 14.5. The molecule has 0 aromatic carbocycles. The molecule has 0 saturated carbocycles. The van der Waals surface area contributed by atoms with Gasteiger partial charge in [-0.25, -0.2) is 14.8 Å². The van der Waals surface area contributed by atoms with Gasteiger partial charge in [0.25, 0.3) is 0 Å². The summed E-state index contributed by atoms with van der Waals surface area (Å²) in [7, 11) is 1.64. The van der Waals surface area contributed by atoms with E-state index in [9.17, 15) is 14.7 Å². The number of rotatable bonds is 3. The number of anilines is 1. The second kappa shape index (κ2) is 5.39. The summed E-state index contributed by atoms with van der Waals surface area (Å²) < 4.78 is 1.37. The highest BCUT2D eigenvalue weighted by Gasteiger charge is 2.24. The molecule has 112 valence electrons. The molecule has 3 heterocycles. The Kier molecular flexibility index (Phi) is 3.55. The van der Waals surface area contributed by atoms with Crippen LogP contribution in [-0.2, 0) is 0 Å². The van der Waals surface area contributed by atoms with E-state index < -0.39 is 17.0 Å². The Labute approximate surface area is 132 Å². The molecule has 9 heteroatoms. The SMILES string of the molecule is CNc1ccnc2c1c(=O)c(C(=O)O)c(Cl)n2-c1nccs1. The molecular formula is C13H9ClN4O3S. The van der Waals surface area contributed by atoms with E-state index in [2.05, 4.69) is 15.3 Å². The molecule has 3 aromatic rings. The van der Waals surface area contributed by atoms with Crippen molar-refractivity contribution in [3.63, 3.8) is 0 Å². The highest BCUT2D eigenvalue weighted by Crippen LogP contribution is 2.28. The van der Waals surface area contributed by atoms with Crippen LogP contribution < -0.4 is 10.7 Å². The Morgan fingerprint density at radius 1 is 1.41 bits per heavy atom. The second-order valence-electron chi connectivity index (χ2n) is 4.26. The number of aromatic nitrogens is 3. The summed E-state index contributed by atoms with van der Waals surface area (Å²) in [5, 5.41) is 14.3. The van der Waals surface area contributed by atoms with E-state index in [4.69, 9.17) is 11.6 Å². The lowest BCUT2D eigenvalue weighted by atomic mass is 10.1. The van der Waals surface area contributed by atoms with Crippen LogP contribution in [0, 0.1) is 0 Å². The van der Waals surface area contributed by atoms with Crippen LogP contribution in [0.5, 0.6) is 0 Å². The van der Waals surface area contributed by atoms with E-state index in [0.717, 1.165) is 0 Å². The fourth-order valence-corrected chi connectivity index (χ4v) is 3.19. The zero-order valence-electron chi connectivity index (χ0n) is 11.2. The fraction of sp³-hybridized carbons (Fsp3) is 0.0769. The summed E-state index contributed by atoms with van der Waals surface area (Å²) in [4.78, 5) is 32.3. The molecule has 3 rings (SSSR count). The highest BCUT2D eigenvalue weighted by atomic mass is 35.5. The average molecular weight is 337 g/mol. The Morgan fingerprint density at radius 2 is 2.18 bits per heavy atom. The Morgan fingerprint density at radius 3 is 2.77 bits per heavy atom. The molecule has 0 saturated heterocycles. The molecule has 0 amide bonds. The standard InChI is InChI=1S/C13H9ClN4O3S/c1-15-6-2-3-16-11-7(6)9(19)8(12(20)21)10(14)18(11)13-17-4-5-22-13/h2-5H,1H3,(H,15,16)(H,20,21). The van der Waals surface area contributed by atoms with Gasteiger partial charge in [0.2, 0.25) is 5.43 Å². The molecule has 0 atom stereocenters. The largest absolute Gasteiger partial charge is 0.477 e. The van der Waals surface area contributed by atoms with Gasteiger partial charge in [-0.15, -0.1) is 11.3 Å². The molecule has 0 spiro atoms. The van der Waals surface area contributed by atoms with Crippen molar-refractivity contribution >= 4 is 45.6 Å². The van der Waals surface area contributed by atoms with Crippen molar-refractivity contribution in [3.8, 4) is 5.13 Å². The third kappa shape index (κ3) is 2.04. The average Bonchev–Trinajstić information content (AvgIpc) is 3.00. The predicted octanol–water partition coefficient (Wildman–Crippen LogP) is 2.24. The number of carboxylic acids is 1. The van der Waals surface area contributed by atoms with Crippen molar-refractivity contribution in [1.29, 1.82) is 0 Å². The van der Waals surface area contributed by atoms with Gasteiger partial charge in [0.05, 0.1) is 11.1 Å². The number of carboxylic acid groups (broad SMARTS) is 1. The normalized spacial score (nSPS) is 10.8. The number of carbonyl (C=O) groups is 1. The van der Waals surface area contributed by atoms with Crippen molar-refractivity contribution in [1.82, 2.24) is 14.5 Å². The van der Waals surface area contributed by atoms with Crippen molar-refractivity contribution in [2.45, 2.75) is 0 Å². The van der Waals surface area contributed by atoms with Crippen LogP contribution in [0.15, 0.2) is 28.6 Å². The maximum Gasteiger partial charge on any atom is 0.342 e. The van der Waals surface area contributed by atoms with Crippen LogP contribution in [0.3, 0.4) is 0 Å². The van der Waals surface area contributed by atoms with Crippen molar-refractivity contribution in [3.05, 3.63) is 44.8 Å². The van der Waals surface area contributed by atoms with Gasteiger partial charge in [-0.3, -0.25) is 9.36 Å². The van der Waals surface area contributed by atoms with Gasteiger partial charge in [-0.2, -0.15) is 0 Å². The van der Waals surface area contributed by atoms with Crippen molar-refractivity contribution in [2.75, 3.05) is 12.4 Å². The first-order chi connectivity index (χ1) is 10.6.